The topological polar surface area (TPSA) is 64.2 Å². The van der Waals surface area contributed by atoms with Crippen LogP contribution in [0.15, 0.2) is 12.2 Å². The zero-order valence-electron chi connectivity index (χ0n) is 11.8. The molecule has 0 amide bonds. The summed E-state index contributed by atoms with van der Waals surface area (Å²) in [6, 6.07) is 0. The Labute approximate surface area is 154 Å². The molecule has 20 heavy (non-hydrogen) atoms. The van der Waals surface area contributed by atoms with Gasteiger partial charge in [0.05, 0.1) is 6.61 Å². The minimum Gasteiger partial charge on any atom is -0.638 e. The Morgan fingerprint density at radius 2 is 2.10 bits per heavy atom. The van der Waals surface area contributed by atoms with Gasteiger partial charge in [-0.1, -0.05) is 6.58 Å². The molecule has 2 saturated heterocycles. The summed E-state index contributed by atoms with van der Waals surface area (Å²) in [5.41, 5.74) is 1.16. The van der Waals surface area contributed by atoms with Crippen LogP contribution in [0.5, 0.6) is 0 Å². The molecule has 2 aliphatic rings. The molecule has 0 bridgehead atoms. The Morgan fingerprint density at radius 3 is 2.60 bits per heavy atom. The summed E-state index contributed by atoms with van der Waals surface area (Å²) in [4.78, 5) is 12.1. The van der Waals surface area contributed by atoms with E-state index in [2.05, 4.69) is 11.9 Å². The fourth-order valence-corrected chi connectivity index (χ4v) is 5.82. The van der Waals surface area contributed by atoms with Crippen molar-refractivity contribution in [2.24, 2.45) is 11.8 Å². The number of hydrogen-bond donors (Lipinski definition) is 1. The molecule has 4 nitrogen and oxygen atoms in total. The van der Waals surface area contributed by atoms with Crippen LogP contribution < -0.4 is 0 Å². The molecule has 1 spiro atoms. The fourth-order valence-electron chi connectivity index (χ4n) is 2.48. The SMILES string of the molecule is C=C(C)C(=N)[C@@H]1C(C(=O)OCC)C[N-]C12SCCS2.[Y]. The van der Waals surface area contributed by atoms with Crippen LogP contribution in [0.4, 0.5) is 0 Å². The number of carbonyl (C=O) groups is 1. The molecule has 2 atom stereocenters. The Morgan fingerprint density at radius 1 is 1.50 bits per heavy atom. The molecule has 1 unspecified atom stereocenters. The van der Waals surface area contributed by atoms with Gasteiger partial charge in [0.25, 0.3) is 0 Å². The zero-order valence-corrected chi connectivity index (χ0v) is 16.3. The molecule has 0 aromatic heterocycles. The van der Waals surface area contributed by atoms with E-state index in [1.807, 2.05) is 6.92 Å². The molecule has 0 aromatic rings. The van der Waals surface area contributed by atoms with Crippen molar-refractivity contribution in [3.63, 3.8) is 0 Å². The molecule has 0 saturated carbocycles. The largest absolute Gasteiger partial charge is 0.638 e. The first-order valence-electron chi connectivity index (χ1n) is 6.39. The van der Waals surface area contributed by atoms with E-state index in [-0.39, 0.29) is 54.7 Å². The van der Waals surface area contributed by atoms with E-state index in [0.717, 1.165) is 11.5 Å². The molecule has 2 rings (SSSR count). The number of thioether (sulfide) groups is 2. The number of nitrogens with one attached hydrogen (secondary N) is 1. The van der Waals surface area contributed by atoms with Gasteiger partial charge in [0.15, 0.2) is 0 Å². The molecule has 1 radical (unpaired) electrons. The first-order valence-corrected chi connectivity index (χ1v) is 8.36. The van der Waals surface area contributed by atoms with Gasteiger partial charge in [-0.2, -0.15) is 23.5 Å². The third kappa shape index (κ3) is 3.51. The maximum atomic E-state index is 12.1. The van der Waals surface area contributed by atoms with E-state index in [1.54, 1.807) is 30.4 Å². The fraction of sp³-hybridized carbons (Fsp3) is 0.692. The number of carbonyl (C=O) groups excluding carboxylic acids is 1. The van der Waals surface area contributed by atoms with Crippen LogP contribution in [0, 0.1) is 17.2 Å². The number of allylic oxidation sites excluding steroid dienone is 1. The molecule has 0 aromatic carbocycles. The van der Waals surface area contributed by atoms with Crippen molar-refractivity contribution in [3.05, 3.63) is 17.5 Å². The minimum atomic E-state index is -0.368. The van der Waals surface area contributed by atoms with Crippen molar-refractivity contribution in [2.45, 2.75) is 18.1 Å². The molecule has 109 valence electrons. The molecule has 2 aliphatic heterocycles. The van der Waals surface area contributed by atoms with Gasteiger partial charge >= 0.3 is 5.97 Å². The summed E-state index contributed by atoms with van der Waals surface area (Å²) in [6.45, 7) is 8.31. The number of hydrogen-bond acceptors (Lipinski definition) is 5. The molecule has 0 aliphatic carbocycles. The summed E-state index contributed by atoms with van der Waals surface area (Å²) < 4.78 is 4.78. The summed E-state index contributed by atoms with van der Waals surface area (Å²) in [5.74, 6) is 1.27. The van der Waals surface area contributed by atoms with Crippen LogP contribution in [-0.2, 0) is 42.2 Å². The minimum absolute atomic E-state index is 0. The van der Waals surface area contributed by atoms with E-state index in [1.165, 1.54) is 0 Å². The Balaban J connectivity index is 0.00000200. The van der Waals surface area contributed by atoms with E-state index in [4.69, 9.17) is 10.1 Å². The number of rotatable bonds is 4. The molecule has 1 N–H and O–H groups in total. The standard InChI is InChI=1S/C13H19N2O2S2.Y/c1-4-17-12(16)9-7-15-13(18-5-6-19-13)10(9)11(14)8(2)3;/h9-10,14H,2,4-7H2,1,3H3;/q-1;/t9?,10-;/m0./s1. The maximum absolute atomic E-state index is 12.1. The van der Waals surface area contributed by atoms with Gasteiger partial charge in [0, 0.05) is 61.8 Å². The first-order chi connectivity index (χ1) is 9.02. The Bertz CT molecular complexity index is 411. The third-order valence-electron chi connectivity index (χ3n) is 3.36. The average molecular weight is 388 g/mol. The molecular formula is C13H19N2O2S2Y-. The van der Waals surface area contributed by atoms with Gasteiger partial charge in [0.2, 0.25) is 0 Å². The molecule has 2 heterocycles. The number of ether oxygens (including phenoxy) is 1. The van der Waals surface area contributed by atoms with Crippen LogP contribution in [0.3, 0.4) is 0 Å². The maximum Gasteiger partial charge on any atom is 0.307 e. The van der Waals surface area contributed by atoms with Gasteiger partial charge in [-0.05, 0) is 23.6 Å². The normalized spacial score (nSPS) is 27.1. The average Bonchev–Trinajstić information content (AvgIpc) is 2.97. The van der Waals surface area contributed by atoms with Crippen LogP contribution in [0.1, 0.15) is 13.8 Å². The molecule has 7 heteroatoms. The van der Waals surface area contributed by atoms with Crippen molar-refractivity contribution >= 4 is 35.2 Å². The van der Waals surface area contributed by atoms with Gasteiger partial charge < -0.3 is 15.5 Å². The quantitative estimate of drug-likeness (QED) is 0.594. The molecule has 2 fully saturated rings. The summed E-state index contributed by atoms with van der Waals surface area (Å²) >= 11 is 3.50. The second kappa shape index (κ2) is 7.77. The zero-order chi connectivity index (χ0) is 14.0. The first kappa shape index (κ1) is 18.7. The van der Waals surface area contributed by atoms with Crippen molar-refractivity contribution < 1.29 is 42.2 Å². The third-order valence-corrected chi connectivity index (χ3v) is 6.74. The van der Waals surface area contributed by atoms with Crippen LogP contribution in [-0.4, -0.2) is 40.5 Å². The van der Waals surface area contributed by atoms with Crippen LogP contribution >= 0.6 is 23.5 Å². The van der Waals surface area contributed by atoms with Gasteiger partial charge in [-0.25, -0.2) is 0 Å². The van der Waals surface area contributed by atoms with Gasteiger partial charge in [0.1, 0.15) is 0 Å². The van der Waals surface area contributed by atoms with Crippen molar-refractivity contribution in [3.8, 4) is 0 Å². The Kier molecular flexibility index (Phi) is 7.26. The Hall–Kier alpha value is 0.644. The second-order valence-electron chi connectivity index (χ2n) is 4.70. The van der Waals surface area contributed by atoms with E-state index < -0.39 is 0 Å². The number of esters is 1. The van der Waals surface area contributed by atoms with E-state index in [0.29, 0.717) is 24.4 Å². The van der Waals surface area contributed by atoms with E-state index in [9.17, 15) is 4.79 Å². The smallest absolute Gasteiger partial charge is 0.307 e. The predicted molar refractivity (Wildman–Crippen MR) is 82.0 cm³/mol. The monoisotopic (exact) mass is 388 g/mol. The number of nitrogens with zero attached hydrogens (tertiary/aromatic N) is 1. The molecular weight excluding hydrogens is 369 g/mol. The second-order valence-corrected chi connectivity index (χ2v) is 7.60. The van der Waals surface area contributed by atoms with Crippen LogP contribution in [0.25, 0.3) is 5.32 Å². The van der Waals surface area contributed by atoms with Crippen molar-refractivity contribution in [2.75, 3.05) is 24.7 Å². The summed E-state index contributed by atoms with van der Waals surface area (Å²) in [7, 11) is 0. The van der Waals surface area contributed by atoms with Gasteiger partial charge in [-0.3, -0.25) is 4.79 Å². The van der Waals surface area contributed by atoms with Gasteiger partial charge in [-0.15, -0.1) is 6.54 Å². The van der Waals surface area contributed by atoms with Crippen molar-refractivity contribution in [1.29, 1.82) is 5.41 Å². The van der Waals surface area contributed by atoms with Crippen molar-refractivity contribution in [1.82, 2.24) is 0 Å². The summed E-state index contributed by atoms with van der Waals surface area (Å²) in [5, 5.41) is 13.0. The van der Waals surface area contributed by atoms with E-state index >= 15 is 0 Å². The van der Waals surface area contributed by atoms with Crippen LogP contribution in [0.2, 0.25) is 0 Å². The summed E-state index contributed by atoms with van der Waals surface area (Å²) in [6.07, 6.45) is 0. The predicted octanol–water partition coefficient (Wildman–Crippen LogP) is 2.90.